The van der Waals surface area contributed by atoms with Gasteiger partial charge in [-0.2, -0.15) is 0 Å². The Labute approximate surface area is 235 Å². The van der Waals surface area contributed by atoms with Crippen molar-refractivity contribution in [2.75, 3.05) is 33.8 Å². The van der Waals surface area contributed by atoms with Gasteiger partial charge in [0.15, 0.2) is 11.5 Å². The second-order valence-corrected chi connectivity index (χ2v) is 10.2. The number of phenols is 1. The highest BCUT2D eigenvalue weighted by molar-refractivity contribution is 6.46. The number of rotatable bonds is 11. The van der Waals surface area contributed by atoms with E-state index in [0.29, 0.717) is 43.1 Å². The van der Waals surface area contributed by atoms with E-state index in [1.807, 2.05) is 51.4 Å². The van der Waals surface area contributed by atoms with Crippen molar-refractivity contribution in [1.29, 1.82) is 0 Å². The molecule has 40 heavy (non-hydrogen) atoms. The second kappa shape index (κ2) is 12.7. The zero-order chi connectivity index (χ0) is 28.8. The van der Waals surface area contributed by atoms with Gasteiger partial charge in [-0.3, -0.25) is 9.59 Å². The van der Waals surface area contributed by atoms with Crippen molar-refractivity contribution in [1.82, 2.24) is 4.90 Å². The first kappa shape index (κ1) is 28.7. The van der Waals surface area contributed by atoms with Crippen LogP contribution in [0, 0.1) is 6.92 Å². The third kappa shape index (κ3) is 6.29. The summed E-state index contributed by atoms with van der Waals surface area (Å²) in [5.74, 6) is -1.21. The van der Waals surface area contributed by atoms with E-state index in [-0.39, 0.29) is 17.1 Å². The van der Waals surface area contributed by atoms with E-state index in [2.05, 4.69) is 0 Å². The number of carbonyl (C=O) groups excluding carboxylic acids is 2. The lowest BCUT2D eigenvalue weighted by molar-refractivity contribution is -0.858. The number of hydrogen-bond donors (Lipinski definition) is 2. The Morgan fingerprint density at radius 3 is 2.42 bits per heavy atom. The van der Waals surface area contributed by atoms with Gasteiger partial charge in [0.2, 0.25) is 5.78 Å². The number of aryl methyl sites for hydroxylation is 1. The molecule has 0 saturated carbocycles. The molecule has 0 spiro atoms. The van der Waals surface area contributed by atoms with Crippen LogP contribution in [0.15, 0.2) is 72.3 Å². The van der Waals surface area contributed by atoms with Crippen molar-refractivity contribution >= 4 is 17.4 Å². The van der Waals surface area contributed by atoms with Crippen molar-refractivity contribution in [3.63, 3.8) is 0 Å². The molecule has 1 saturated heterocycles. The zero-order valence-electron chi connectivity index (χ0n) is 23.4. The predicted octanol–water partition coefficient (Wildman–Crippen LogP) is 2.44. The summed E-state index contributed by atoms with van der Waals surface area (Å²) in [7, 11) is 4.03. The lowest BCUT2D eigenvalue weighted by Crippen LogP contribution is -3.05. The van der Waals surface area contributed by atoms with Gasteiger partial charge in [0.1, 0.15) is 12.4 Å². The molecule has 1 fully saturated rings. The number of benzene rings is 3. The number of amides is 1. The molecule has 0 radical (unpaired) electrons. The van der Waals surface area contributed by atoms with Crippen LogP contribution in [0.4, 0.5) is 0 Å². The summed E-state index contributed by atoms with van der Waals surface area (Å²) in [6.45, 7) is 5.44. The van der Waals surface area contributed by atoms with Gasteiger partial charge in [0.05, 0.1) is 33.3 Å². The molecule has 8 nitrogen and oxygen atoms in total. The minimum atomic E-state index is -0.890. The molecule has 2 N–H and O–H groups in total. The summed E-state index contributed by atoms with van der Waals surface area (Å²) in [4.78, 5) is 29.2. The quantitative estimate of drug-likeness (QED) is 0.218. The summed E-state index contributed by atoms with van der Waals surface area (Å²) in [5, 5.41) is 24.1. The number of Topliss-reactive ketones (excluding diaryl/α,β-unsaturated/α-hetero) is 1. The van der Waals surface area contributed by atoms with E-state index >= 15 is 0 Å². The summed E-state index contributed by atoms with van der Waals surface area (Å²) in [5.41, 5.74) is 2.49. The molecule has 0 aromatic heterocycles. The second-order valence-electron chi connectivity index (χ2n) is 10.2. The molecule has 1 aliphatic heterocycles. The number of quaternary nitrogens is 1. The molecule has 4 rings (SSSR count). The van der Waals surface area contributed by atoms with Crippen LogP contribution in [-0.4, -0.2) is 55.5 Å². The van der Waals surface area contributed by atoms with Gasteiger partial charge in [-0.05, 0) is 60.4 Å². The van der Waals surface area contributed by atoms with E-state index in [0.717, 1.165) is 17.7 Å². The fourth-order valence-corrected chi connectivity index (χ4v) is 4.87. The molecule has 3 aromatic carbocycles. The molecule has 0 bridgehead atoms. The van der Waals surface area contributed by atoms with E-state index in [1.54, 1.807) is 37.3 Å². The van der Waals surface area contributed by atoms with Crippen LogP contribution < -0.4 is 19.5 Å². The van der Waals surface area contributed by atoms with Crippen molar-refractivity contribution < 1.29 is 34.2 Å². The van der Waals surface area contributed by atoms with Crippen molar-refractivity contribution in [2.45, 2.75) is 32.9 Å². The lowest BCUT2D eigenvalue weighted by Gasteiger charge is -2.28. The van der Waals surface area contributed by atoms with Gasteiger partial charge in [-0.25, -0.2) is 0 Å². The molecule has 1 amide bonds. The number of ether oxygens (including phenoxy) is 2. The third-order valence-corrected chi connectivity index (χ3v) is 6.88. The van der Waals surface area contributed by atoms with Crippen LogP contribution in [0.5, 0.6) is 17.2 Å². The van der Waals surface area contributed by atoms with Gasteiger partial charge >= 0.3 is 0 Å². The molecule has 210 valence electrons. The number of likely N-dealkylation sites (tertiary alicyclic amines) is 1. The fourth-order valence-electron chi connectivity index (χ4n) is 4.87. The topological polar surface area (TPSA) is 104 Å². The number of hydrogen-bond acceptors (Lipinski definition) is 6. The fraction of sp³-hybridized carbons (Fsp3) is 0.312. The van der Waals surface area contributed by atoms with Crippen LogP contribution in [0.3, 0.4) is 0 Å². The molecule has 3 aromatic rings. The maximum Gasteiger partial charge on any atom is 0.295 e. The highest BCUT2D eigenvalue weighted by Gasteiger charge is 2.44. The smallest absolute Gasteiger partial charge is 0.295 e. The molecule has 8 heteroatoms. The first-order valence-electron chi connectivity index (χ1n) is 13.5. The molecule has 1 unspecified atom stereocenters. The Morgan fingerprint density at radius 1 is 1.00 bits per heavy atom. The SMILES string of the molecule is CCOc1cc(C2C(=C([O-])c3ccc(OCc4ccccc4)c(C)c3)C(=O)C(=O)N2CCC[NH+](C)C)ccc1O. The summed E-state index contributed by atoms with van der Waals surface area (Å²) >= 11 is 0. The predicted molar refractivity (Wildman–Crippen MR) is 150 cm³/mol. The largest absolute Gasteiger partial charge is 0.872 e. The minimum absolute atomic E-state index is 0.0569. The highest BCUT2D eigenvalue weighted by atomic mass is 16.5. The number of aromatic hydroxyl groups is 1. The van der Waals surface area contributed by atoms with Crippen LogP contribution in [0.1, 0.15) is 41.6 Å². The zero-order valence-corrected chi connectivity index (χ0v) is 23.4. The number of phenolic OH excluding ortho intramolecular Hbond substituents is 1. The van der Waals surface area contributed by atoms with E-state index < -0.39 is 23.5 Å². The molecule has 1 heterocycles. The van der Waals surface area contributed by atoms with E-state index in [9.17, 15) is 19.8 Å². The van der Waals surface area contributed by atoms with E-state index in [4.69, 9.17) is 9.47 Å². The Kier molecular flexibility index (Phi) is 9.11. The summed E-state index contributed by atoms with van der Waals surface area (Å²) in [6.07, 6.45) is 0.655. The molecule has 1 atom stereocenters. The van der Waals surface area contributed by atoms with Crippen molar-refractivity contribution in [3.05, 3.63) is 94.6 Å². The maximum atomic E-state index is 13.9. The number of nitrogens with one attached hydrogen (secondary N) is 1. The Bertz CT molecular complexity index is 1400. The first-order valence-corrected chi connectivity index (χ1v) is 13.5. The van der Waals surface area contributed by atoms with Crippen LogP contribution in [0.2, 0.25) is 0 Å². The van der Waals surface area contributed by atoms with E-state index in [1.165, 1.54) is 15.9 Å². The number of carbonyl (C=O) groups is 2. The Hall–Kier alpha value is -4.30. The number of ketones is 1. The van der Waals surface area contributed by atoms with Gasteiger partial charge in [0, 0.05) is 18.5 Å². The van der Waals surface area contributed by atoms with Crippen molar-refractivity contribution in [2.24, 2.45) is 0 Å². The summed E-state index contributed by atoms with van der Waals surface area (Å²) < 4.78 is 11.5. The van der Waals surface area contributed by atoms with Crippen LogP contribution in [0.25, 0.3) is 5.76 Å². The maximum absolute atomic E-state index is 13.9. The van der Waals surface area contributed by atoms with Gasteiger partial charge in [-0.15, -0.1) is 0 Å². The first-order chi connectivity index (χ1) is 19.2. The van der Waals surface area contributed by atoms with Crippen LogP contribution in [-0.2, 0) is 16.2 Å². The van der Waals surface area contributed by atoms with Gasteiger partial charge in [-0.1, -0.05) is 48.2 Å². The third-order valence-electron chi connectivity index (χ3n) is 6.88. The minimum Gasteiger partial charge on any atom is -0.872 e. The van der Waals surface area contributed by atoms with Gasteiger partial charge in [0.25, 0.3) is 5.91 Å². The average molecular weight is 545 g/mol. The summed E-state index contributed by atoms with van der Waals surface area (Å²) in [6, 6.07) is 18.6. The van der Waals surface area contributed by atoms with Crippen molar-refractivity contribution in [3.8, 4) is 17.2 Å². The highest BCUT2D eigenvalue weighted by Crippen LogP contribution is 2.41. The lowest BCUT2D eigenvalue weighted by atomic mass is 9.94. The molecular formula is C32H36N2O6. The average Bonchev–Trinajstić information content (AvgIpc) is 3.18. The van der Waals surface area contributed by atoms with Gasteiger partial charge < -0.3 is 29.5 Å². The van der Waals surface area contributed by atoms with Crippen LogP contribution >= 0.6 is 0 Å². The standard InChI is InChI=1S/C32H36N2O6/c1-5-39-27-19-23(12-14-25(27)35)29-28(31(37)32(38)34(29)17-9-16-33(3)4)30(36)24-13-15-26(21(2)18-24)40-20-22-10-7-6-8-11-22/h6-8,10-15,18-19,29,35-36H,5,9,16-17,20H2,1-4H3. The normalized spacial score (nSPS) is 16.5. The Balaban J connectivity index is 1.72. The molecule has 0 aliphatic carbocycles. The monoisotopic (exact) mass is 544 g/mol. The molecular weight excluding hydrogens is 508 g/mol. The Morgan fingerprint density at radius 2 is 1.75 bits per heavy atom. The molecule has 1 aliphatic rings. The number of nitrogens with zero attached hydrogens (tertiary/aromatic N) is 1.